The van der Waals surface area contributed by atoms with Crippen LogP contribution < -0.4 is 20.7 Å². The molecule has 0 aliphatic carbocycles. The Morgan fingerprint density at radius 2 is 1.25 bits per heavy atom. The molecule has 3 heteroatoms. The third kappa shape index (κ3) is 4.20. The standard InChI is InChI=1S/C29H27O2P/c1-3-13-23-20-24(29(30)28(21-23)31-2)22-32(25-14-7-4-8-15-25,26-16-9-5-10-17-26)27-18-11-6-12-19-27/h3-12,14-21H,1,13,22H2,2H3/p+1. The van der Waals surface area contributed by atoms with Crippen molar-refractivity contribution < 1.29 is 9.84 Å². The van der Waals surface area contributed by atoms with E-state index in [1.165, 1.54) is 15.9 Å². The zero-order valence-electron chi connectivity index (χ0n) is 18.3. The first kappa shape index (κ1) is 21.9. The van der Waals surface area contributed by atoms with Crippen LogP contribution in [0.3, 0.4) is 0 Å². The number of hydrogen-bond acceptors (Lipinski definition) is 2. The number of phenolic OH excluding ortho intramolecular Hbond substituents is 1. The van der Waals surface area contributed by atoms with Crippen molar-refractivity contribution in [2.75, 3.05) is 7.11 Å². The molecule has 4 aromatic rings. The lowest BCUT2D eigenvalue weighted by Gasteiger charge is -2.28. The lowest BCUT2D eigenvalue weighted by Crippen LogP contribution is -2.32. The largest absolute Gasteiger partial charge is 0.504 e. The molecule has 0 aliphatic heterocycles. The molecule has 160 valence electrons. The van der Waals surface area contributed by atoms with Gasteiger partial charge in [-0.25, -0.2) is 0 Å². The van der Waals surface area contributed by atoms with Crippen LogP contribution in [-0.2, 0) is 12.6 Å². The Kier molecular flexibility index (Phi) is 6.73. The zero-order valence-corrected chi connectivity index (χ0v) is 19.2. The van der Waals surface area contributed by atoms with Gasteiger partial charge in [0.25, 0.3) is 0 Å². The van der Waals surface area contributed by atoms with Crippen molar-refractivity contribution in [3.8, 4) is 11.5 Å². The van der Waals surface area contributed by atoms with E-state index in [1.54, 1.807) is 7.11 Å². The Hall–Kier alpha value is -3.35. The van der Waals surface area contributed by atoms with Gasteiger partial charge < -0.3 is 9.84 Å². The molecular weight excluding hydrogens is 411 g/mol. The summed E-state index contributed by atoms with van der Waals surface area (Å²) in [7, 11) is -0.511. The zero-order chi connectivity index (χ0) is 22.4. The first-order valence-electron chi connectivity index (χ1n) is 10.7. The summed E-state index contributed by atoms with van der Waals surface area (Å²) in [4.78, 5) is 0. The van der Waals surface area contributed by atoms with Crippen molar-refractivity contribution in [2.45, 2.75) is 12.6 Å². The minimum atomic E-state index is -2.11. The fourth-order valence-electron chi connectivity index (χ4n) is 4.31. The van der Waals surface area contributed by atoms with Crippen LogP contribution in [0.2, 0.25) is 0 Å². The molecule has 0 saturated carbocycles. The highest BCUT2D eigenvalue weighted by Crippen LogP contribution is 2.59. The maximum atomic E-state index is 11.2. The second-order valence-corrected chi connectivity index (χ2v) is 11.3. The molecule has 0 spiro atoms. The number of allylic oxidation sites excluding steroid dienone is 1. The van der Waals surface area contributed by atoms with E-state index in [-0.39, 0.29) is 5.75 Å². The van der Waals surface area contributed by atoms with Gasteiger partial charge in [0.1, 0.15) is 29.3 Å². The molecule has 0 amide bonds. The molecule has 0 atom stereocenters. The first-order valence-corrected chi connectivity index (χ1v) is 12.7. The van der Waals surface area contributed by atoms with E-state index in [4.69, 9.17) is 4.74 Å². The van der Waals surface area contributed by atoms with E-state index < -0.39 is 7.26 Å². The smallest absolute Gasteiger partial charge is 0.164 e. The molecule has 0 heterocycles. The van der Waals surface area contributed by atoms with Crippen LogP contribution in [0, 0.1) is 0 Å². The monoisotopic (exact) mass is 439 g/mol. The maximum absolute atomic E-state index is 11.2. The molecule has 0 unspecified atom stereocenters. The Balaban J connectivity index is 2.01. The molecular formula is C29H28O2P+. The van der Waals surface area contributed by atoms with Gasteiger partial charge in [-0.1, -0.05) is 60.7 Å². The van der Waals surface area contributed by atoms with Crippen molar-refractivity contribution in [2.24, 2.45) is 0 Å². The maximum Gasteiger partial charge on any atom is 0.164 e. The summed E-state index contributed by atoms with van der Waals surface area (Å²) >= 11 is 0. The van der Waals surface area contributed by atoms with Crippen LogP contribution in [0.1, 0.15) is 11.1 Å². The highest BCUT2D eigenvalue weighted by molar-refractivity contribution is 7.95. The normalized spacial score (nSPS) is 11.2. The number of hydrogen-bond donors (Lipinski definition) is 1. The summed E-state index contributed by atoms with van der Waals surface area (Å²) in [6.07, 6.45) is 3.29. The van der Waals surface area contributed by atoms with Crippen LogP contribution in [0.15, 0.2) is 116 Å². The average molecular weight is 440 g/mol. The summed E-state index contributed by atoms with van der Waals surface area (Å²) in [6, 6.07) is 36.1. The lowest BCUT2D eigenvalue weighted by molar-refractivity contribution is 0.371. The highest BCUT2D eigenvalue weighted by atomic mass is 31.2. The van der Waals surface area contributed by atoms with Crippen molar-refractivity contribution in [1.29, 1.82) is 0 Å². The van der Waals surface area contributed by atoms with E-state index in [2.05, 4.69) is 104 Å². The molecule has 0 radical (unpaired) electrons. The van der Waals surface area contributed by atoms with E-state index >= 15 is 0 Å². The van der Waals surface area contributed by atoms with Crippen molar-refractivity contribution in [1.82, 2.24) is 0 Å². The number of benzene rings is 4. The van der Waals surface area contributed by atoms with Crippen LogP contribution >= 0.6 is 7.26 Å². The van der Waals surface area contributed by atoms with Crippen molar-refractivity contribution in [3.05, 3.63) is 127 Å². The van der Waals surface area contributed by atoms with Gasteiger partial charge >= 0.3 is 0 Å². The Morgan fingerprint density at radius 1 is 0.781 bits per heavy atom. The van der Waals surface area contributed by atoms with Gasteiger partial charge in [0.05, 0.1) is 7.11 Å². The molecule has 2 nitrogen and oxygen atoms in total. The van der Waals surface area contributed by atoms with Gasteiger partial charge in [0, 0.05) is 5.56 Å². The minimum Gasteiger partial charge on any atom is -0.504 e. The van der Waals surface area contributed by atoms with Gasteiger partial charge in [0.15, 0.2) is 11.5 Å². The molecule has 0 aromatic heterocycles. The number of rotatable bonds is 8. The minimum absolute atomic E-state index is 0.215. The molecule has 0 aliphatic rings. The third-order valence-electron chi connectivity index (χ3n) is 5.81. The summed E-state index contributed by atoms with van der Waals surface area (Å²) in [6.45, 7) is 3.88. The van der Waals surface area contributed by atoms with Crippen LogP contribution in [0.5, 0.6) is 11.5 Å². The van der Waals surface area contributed by atoms with Gasteiger partial charge in [-0.05, 0) is 60.5 Å². The number of methoxy groups -OCH3 is 1. The van der Waals surface area contributed by atoms with Crippen molar-refractivity contribution in [3.63, 3.8) is 0 Å². The Morgan fingerprint density at radius 3 is 1.66 bits per heavy atom. The first-order chi connectivity index (χ1) is 15.7. The molecule has 4 rings (SSSR count). The second-order valence-electron chi connectivity index (χ2n) is 7.77. The van der Waals surface area contributed by atoms with Gasteiger partial charge in [-0.2, -0.15) is 0 Å². The fraction of sp³-hybridized carbons (Fsp3) is 0.103. The second kappa shape index (κ2) is 9.85. The molecule has 1 N–H and O–H groups in total. The molecule has 0 saturated heterocycles. The average Bonchev–Trinajstić information content (AvgIpc) is 2.86. The third-order valence-corrected chi connectivity index (χ3v) is 10.2. The lowest BCUT2D eigenvalue weighted by atomic mass is 10.1. The summed E-state index contributed by atoms with van der Waals surface area (Å²) < 4.78 is 5.53. The number of aromatic hydroxyl groups is 1. The van der Waals surface area contributed by atoms with Crippen LogP contribution in [0.4, 0.5) is 0 Å². The molecule has 32 heavy (non-hydrogen) atoms. The van der Waals surface area contributed by atoms with Crippen molar-refractivity contribution >= 4 is 23.2 Å². The highest BCUT2D eigenvalue weighted by Gasteiger charge is 2.46. The fourth-order valence-corrected chi connectivity index (χ4v) is 8.55. The summed E-state index contributed by atoms with van der Waals surface area (Å²) in [5, 5.41) is 15.0. The predicted octanol–water partition coefficient (Wildman–Crippen LogP) is 5.62. The topological polar surface area (TPSA) is 29.5 Å². The Bertz CT molecular complexity index is 1080. The van der Waals surface area contributed by atoms with E-state index in [0.717, 1.165) is 17.5 Å². The SMILES string of the molecule is C=CCc1cc(C[P+](c2ccccc2)(c2ccccc2)c2ccccc2)c(O)c(OC)c1. The van der Waals surface area contributed by atoms with Gasteiger partial charge in [-0.3, -0.25) is 0 Å². The quantitative estimate of drug-likeness (QED) is 0.285. The number of phenols is 1. The summed E-state index contributed by atoms with van der Waals surface area (Å²) in [5.41, 5.74) is 1.98. The van der Waals surface area contributed by atoms with Crippen LogP contribution in [-0.4, -0.2) is 12.2 Å². The van der Waals surface area contributed by atoms with E-state index in [1.807, 2.05) is 12.1 Å². The summed E-state index contributed by atoms with van der Waals surface area (Å²) in [5.74, 6) is 0.721. The van der Waals surface area contributed by atoms with Gasteiger partial charge in [0.2, 0.25) is 0 Å². The van der Waals surface area contributed by atoms with Gasteiger partial charge in [-0.15, -0.1) is 6.58 Å². The van der Waals surface area contributed by atoms with E-state index in [0.29, 0.717) is 11.9 Å². The molecule has 4 aromatic carbocycles. The van der Waals surface area contributed by atoms with E-state index in [9.17, 15) is 5.11 Å². The molecule has 0 fully saturated rings. The van der Waals surface area contributed by atoms with Crippen LogP contribution in [0.25, 0.3) is 0 Å². The Labute approximate surface area is 191 Å². The predicted molar refractivity (Wildman–Crippen MR) is 137 cm³/mol. The molecule has 0 bridgehead atoms. The number of ether oxygens (including phenoxy) is 1.